The summed E-state index contributed by atoms with van der Waals surface area (Å²) < 4.78 is 12.7. The van der Waals surface area contributed by atoms with Crippen LogP contribution >= 0.6 is 27.5 Å². The molecule has 0 radical (unpaired) electrons. The van der Waals surface area contributed by atoms with Gasteiger partial charge in [0.15, 0.2) is 0 Å². The third-order valence-corrected chi connectivity index (χ3v) is 2.36. The average Bonchev–Trinajstić information content (AvgIpc) is 2.14. The number of benzene rings is 1. The Morgan fingerprint density at radius 3 is 2.87 bits per heavy atom. The molecule has 0 heterocycles. The Morgan fingerprint density at radius 1 is 1.67 bits per heavy atom. The van der Waals surface area contributed by atoms with Crippen molar-refractivity contribution in [3.8, 4) is 0 Å². The van der Waals surface area contributed by atoms with Gasteiger partial charge >= 0.3 is 0 Å². The summed E-state index contributed by atoms with van der Waals surface area (Å²) in [5, 5.41) is 2.79. The van der Waals surface area contributed by atoms with Gasteiger partial charge in [-0.15, -0.1) is 0 Å². The summed E-state index contributed by atoms with van der Waals surface area (Å²) in [6, 6.07) is 3.69. The second kappa shape index (κ2) is 5.47. The Labute approximate surface area is 101 Å². The molecular formula is C10H10BrClFNO. The highest BCUT2D eigenvalue weighted by Gasteiger charge is 2.10. The van der Waals surface area contributed by atoms with Gasteiger partial charge in [0.05, 0.1) is 10.6 Å². The molecule has 0 aliphatic carbocycles. The highest BCUT2D eigenvalue weighted by atomic mass is 79.9. The maximum Gasteiger partial charge on any atom is 0.252 e. The van der Waals surface area contributed by atoms with Gasteiger partial charge in [-0.1, -0.05) is 34.5 Å². The summed E-state index contributed by atoms with van der Waals surface area (Å²) in [6.45, 7) is 2.40. The number of hydrogen-bond acceptors (Lipinski definition) is 1. The second-order valence-corrected chi connectivity index (χ2v) is 5.09. The van der Waals surface area contributed by atoms with Crippen LogP contribution in [-0.4, -0.2) is 17.3 Å². The molecule has 0 spiro atoms. The molecular weight excluding hydrogens is 284 g/mol. The standard InChI is InChI=1S/C10H10BrClFNO/c1-6(11)5-14-10(15)8-3-2-7(13)4-9(8)12/h2-4,6H,5H2,1H3,(H,14,15). The fourth-order valence-corrected chi connectivity index (χ4v) is 1.42. The molecule has 82 valence electrons. The number of carbonyl (C=O) groups excluding carboxylic acids is 1. The van der Waals surface area contributed by atoms with Crippen LogP contribution in [0.25, 0.3) is 0 Å². The largest absolute Gasteiger partial charge is 0.351 e. The van der Waals surface area contributed by atoms with Gasteiger partial charge in [0.2, 0.25) is 0 Å². The van der Waals surface area contributed by atoms with Crippen molar-refractivity contribution in [2.45, 2.75) is 11.8 Å². The number of amides is 1. The molecule has 2 nitrogen and oxygen atoms in total. The van der Waals surface area contributed by atoms with E-state index >= 15 is 0 Å². The molecule has 0 saturated carbocycles. The predicted molar refractivity (Wildman–Crippen MR) is 62.1 cm³/mol. The van der Waals surface area contributed by atoms with Crippen LogP contribution in [0.1, 0.15) is 17.3 Å². The summed E-state index contributed by atoms with van der Waals surface area (Å²) in [5.74, 6) is -0.753. The average molecular weight is 295 g/mol. The summed E-state index contributed by atoms with van der Waals surface area (Å²) in [7, 11) is 0. The number of carbonyl (C=O) groups is 1. The Balaban J connectivity index is 2.74. The van der Waals surface area contributed by atoms with Crippen LogP contribution in [0.3, 0.4) is 0 Å². The number of nitrogens with one attached hydrogen (secondary N) is 1. The first-order chi connectivity index (χ1) is 7.00. The fraction of sp³-hybridized carbons (Fsp3) is 0.300. The minimum atomic E-state index is -0.453. The van der Waals surface area contributed by atoms with Gasteiger partial charge in [-0.3, -0.25) is 4.79 Å². The van der Waals surface area contributed by atoms with Crippen LogP contribution in [0.4, 0.5) is 4.39 Å². The van der Waals surface area contributed by atoms with Crippen molar-refractivity contribution in [3.05, 3.63) is 34.6 Å². The zero-order chi connectivity index (χ0) is 11.4. The SMILES string of the molecule is CC(Br)CNC(=O)c1ccc(F)cc1Cl. The van der Waals surface area contributed by atoms with E-state index in [0.29, 0.717) is 6.54 Å². The third-order valence-electron chi connectivity index (χ3n) is 1.72. The third kappa shape index (κ3) is 3.80. The molecule has 1 rings (SSSR count). The lowest BCUT2D eigenvalue weighted by Gasteiger charge is -2.07. The second-order valence-electron chi connectivity index (χ2n) is 3.11. The van der Waals surface area contributed by atoms with Crippen molar-refractivity contribution in [1.29, 1.82) is 0 Å². The molecule has 0 aliphatic rings. The monoisotopic (exact) mass is 293 g/mol. The first-order valence-corrected chi connectivity index (χ1v) is 5.67. The molecule has 0 aliphatic heterocycles. The zero-order valence-corrected chi connectivity index (χ0v) is 10.4. The van der Waals surface area contributed by atoms with E-state index in [0.717, 1.165) is 6.07 Å². The molecule has 0 fully saturated rings. The molecule has 0 saturated heterocycles. The summed E-state index contributed by atoms with van der Waals surface area (Å²) in [5.41, 5.74) is 0.284. The topological polar surface area (TPSA) is 29.1 Å². The Hall–Kier alpha value is -0.610. The number of alkyl halides is 1. The highest BCUT2D eigenvalue weighted by molar-refractivity contribution is 9.09. The zero-order valence-electron chi connectivity index (χ0n) is 8.06. The molecule has 1 aromatic rings. The molecule has 1 N–H and O–H groups in total. The molecule has 1 unspecified atom stereocenters. The van der Waals surface area contributed by atoms with Crippen LogP contribution in [0, 0.1) is 5.82 Å². The van der Waals surface area contributed by atoms with E-state index in [4.69, 9.17) is 11.6 Å². The Morgan fingerprint density at radius 2 is 2.33 bits per heavy atom. The van der Waals surface area contributed by atoms with Gasteiger partial charge < -0.3 is 5.32 Å². The van der Waals surface area contributed by atoms with Crippen LogP contribution in [-0.2, 0) is 0 Å². The molecule has 0 bridgehead atoms. The van der Waals surface area contributed by atoms with Crippen molar-refractivity contribution in [2.24, 2.45) is 0 Å². The Kier molecular flexibility index (Phi) is 4.54. The maximum absolute atomic E-state index is 12.7. The van der Waals surface area contributed by atoms with Crippen molar-refractivity contribution < 1.29 is 9.18 Å². The summed E-state index contributed by atoms with van der Waals surface area (Å²) >= 11 is 9.02. The molecule has 15 heavy (non-hydrogen) atoms. The normalized spacial score (nSPS) is 12.3. The van der Waals surface area contributed by atoms with Crippen molar-refractivity contribution in [2.75, 3.05) is 6.54 Å². The lowest BCUT2D eigenvalue weighted by Crippen LogP contribution is -2.28. The molecule has 5 heteroatoms. The van der Waals surface area contributed by atoms with E-state index in [-0.39, 0.29) is 21.3 Å². The van der Waals surface area contributed by atoms with Crippen molar-refractivity contribution in [3.63, 3.8) is 0 Å². The van der Waals surface area contributed by atoms with E-state index < -0.39 is 5.82 Å². The lowest BCUT2D eigenvalue weighted by atomic mass is 10.2. The smallest absolute Gasteiger partial charge is 0.252 e. The lowest BCUT2D eigenvalue weighted by molar-refractivity contribution is 0.0954. The highest BCUT2D eigenvalue weighted by Crippen LogP contribution is 2.16. The minimum absolute atomic E-state index is 0.120. The van der Waals surface area contributed by atoms with Crippen LogP contribution < -0.4 is 5.32 Å². The molecule has 1 amide bonds. The van der Waals surface area contributed by atoms with Crippen molar-refractivity contribution >= 4 is 33.4 Å². The van der Waals surface area contributed by atoms with E-state index in [9.17, 15) is 9.18 Å². The maximum atomic E-state index is 12.7. The van der Waals surface area contributed by atoms with E-state index in [1.54, 1.807) is 0 Å². The first kappa shape index (κ1) is 12.5. The Bertz CT molecular complexity index is 370. The fourth-order valence-electron chi connectivity index (χ4n) is 1.00. The number of rotatable bonds is 3. The van der Waals surface area contributed by atoms with Crippen LogP contribution in [0.15, 0.2) is 18.2 Å². The quantitative estimate of drug-likeness (QED) is 0.853. The summed E-state index contributed by atoms with van der Waals surface area (Å²) in [4.78, 5) is 11.7. The van der Waals surface area contributed by atoms with Crippen LogP contribution in [0.5, 0.6) is 0 Å². The predicted octanol–water partition coefficient (Wildman–Crippen LogP) is 2.99. The van der Waals surface area contributed by atoms with Crippen LogP contribution in [0.2, 0.25) is 5.02 Å². The number of halogens is 3. The van der Waals surface area contributed by atoms with Gasteiger partial charge in [0.25, 0.3) is 5.91 Å². The van der Waals surface area contributed by atoms with Gasteiger partial charge in [0, 0.05) is 11.4 Å². The molecule has 1 atom stereocenters. The van der Waals surface area contributed by atoms with Gasteiger partial charge in [-0.2, -0.15) is 0 Å². The van der Waals surface area contributed by atoms with E-state index in [1.165, 1.54) is 12.1 Å². The van der Waals surface area contributed by atoms with Crippen molar-refractivity contribution in [1.82, 2.24) is 5.32 Å². The summed E-state index contributed by atoms with van der Waals surface area (Å²) in [6.07, 6.45) is 0. The van der Waals surface area contributed by atoms with Gasteiger partial charge in [-0.05, 0) is 18.2 Å². The number of hydrogen-bond donors (Lipinski definition) is 1. The minimum Gasteiger partial charge on any atom is -0.351 e. The molecule has 1 aromatic carbocycles. The van der Waals surface area contributed by atoms with Gasteiger partial charge in [0.1, 0.15) is 5.82 Å². The molecule has 0 aromatic heterocycles. The first-order valence-electron chi connectivity index (χ1n) is 4.38. The van der Waals surface area contributed by atoms with Gasteiger partial charge in [-0.25, -0.2) is 4.39 Å². The van der Waals surface area contributed by atoms with E-state index in [1.807, 2.05) is 6.92 Å². The van der Waals surface area contributed by atoms with E-state index in [2.05, 4.69) is 21.2 Å².